The lowest BCUT2D eigenvalue weighted by Crippen LogP contribution is -2.36. The minimum Gasteiger partial charge on any atom is -0.310 e. The molecule has 0 spiro atoms. The number of H-pyrrole nitrogens is 1. The highest BCUT2D eigenvalue weighted by Crippen LogP contribution is 2.37. The molecular weight excluding hydrogens is 326 g/mol. The maximum atomic E-state index is 14.1. The van der Waals surface area contributed by atoms with Crippen LogP contribution in [0.4, 0.5) is 8.78 Å². The lowest BCUT2D eigenvalue weighted by Gasteiger charge is -2.28. The van der Waals surface area contributed by atoms with Crippen LogP contribution in [0.5, 0.6) is 0 Å². The molecule has 1 aromatic carbocycles. The van der Waals surface area contributed by atoms with Crippen molar-refractivity contribution < 1.29 is 8.78 Å². The van der Waals surface area contributed by atoms with Crippen molar-refractivity contribution in [2.45, 2.75) is 38.3 Å². The second-order valence-corrected chi connectivity index (χ2v) is 6.64. The van der Waals surface area contributed by atoms with E-state index in [1.807, 2.05) is 4.90 Å². The van der Waals surface area contributed by atoms with Crippen molar-refractivity contribution in [1.82, 2.24) is 14.9 Å². The third kappa shape index (κ3) is 3.05. The molecule has 1 aliphatic heterocycles. The number of benzene rings is 1. The average Bonchev–Trinajstić information content (AvgIpc) is 3.43. The quantitative estimate of drug-likeness (QED) is 0.929. The molecule has 128 valence electrons. The molecule has 0 saturated heterocycles. The van der Waals surface area contributed by atoms with E-state index in [2.05, 4.69) is 9.97 Å². The van der Waals surface area contributed by atoms with Crippen LogP contribution in [0.3, 0.4) is 0 Å². The molecule has 1 aromatic heterocycles. The Morgan fingerprint density at radius 1 is 1.32 bits per heavy atom. The summed E-state index contributed by atoms with van der Waals surface area (Å²) in [6.07, 6.45) is 2.70. The Labute approximate surface area is 142 Å². The molecule has 0 atom stereocenters. The molecule has 7 heteroatoms. The molecule has 1 aliphatic carbocycles. The summed E-state index contributed by atoms with van der Waals surface area (Å²) in [6, 6.07) is 3.80. The van der Waals surface area contributed by atoms with Gasteiger partial charge in [-0.1, -0.05) is 0 Å². The van der Waals surface area contributed by atoms with Crippen LogP contribution in [0.15, 0.2) is 16.9 Å². The Morgan fingerprint density at radius 2 is 2.04 bits per heavy atom. The van der Waals surface area contributed by atoms with Crippen LogP contribution >= 0.6 is 0 Å². The molecule has 2 heterocycles. The summed E-state index contributed by atoms with van der Waals surface area (Å²) < 4.78 is 28.2. The normalized spacial score (nSPS) is 17.2. The number of nitriles is 1. The van der Waals surface area contributed by atoms with Crippen LogP contribution in [0.25, 0.3) is 0 Å². The molecule has 0 amide bonds. The maximum absolute atomic E-state index is 14.1. The predicted molar refractivity (Wildman–Crippen MR) is 85.7 cm³/mol. The number of nitrogens with zero attached hydrogens (tertiary/aromatic N) is 3. The third-order valence-electron chi connectivity index (χ3n) is 4.78. The van der Waals surface area contributed by atoms with E-state index in [1.54, 1.807) is 6.07 Å². The van der Waals surface area contributed by atoms with Gasteiger partial charge in [-0.05, 0) is 25.0 Å². The van der Waals surface area contributed by atoms with Crippen LogP contribution in [0.2, 0.25) is 0 Å². The number of hydrogen-bond acceptors (Lipinski definition) is 4. The number of halogens is 2. The van der Waals surface area contributed by atoms with E-state index in [1.165, 1.54) is 0 Å². The summed E-state index contributed by atoms with van der Waals surface area (Å²) in [4.78, 5) is 21.6. The molecule has 0 radical (unpaired) electrons. The maximum Gasteiger partial charge on any atom is 0.255 e. The van der Waals surface area contributed by atoms with Gasteiger partial charge in [-0.3, -0.25) is 9.69 Å². The molecule has 5 nitrogen and oxygen atoms in total. The van der Waals surface area contributed by atoms with Crippen LogP contribution < -0.4 is 5.56 Å². The standard InChI is InChI=1S/C18H16F2N4O/c19-14-5-10(7-21)6-15(20)12(14)8-24-4-3-16-13(9-24)18(25)23-17(22-16)11-1-2-11/h5-6,11H,1-4,8-9H2,(H,22,23,25). The van der Waals surface area contributed by atoms with E-state index >= 15 is 0 Å². The van der Waals surface area contributed by atoms with Crippen molar-refractivity contribution in [3.8, 4) is 6.07 Å². The van der Waals surface area contributed by atoms with Crippen molar-refractivity contribution >= 4 is 0 Å². The van der Waals surface area contributed by atoms with E-state index in [9.17, 15) is 13.6 Å². The van der Waals surface area contributed by atoms with Crippen LogP contribution in [-0.2, 0) is 19.5 Å². The van der Waals surface area contributed by atoms with Crippen LogP contribution in [-0.4, -0.2) is 21.4 Å². The largest absolute Gasteiger partial charge is 0.310 e. The van der Waals surface area contributed by atoms with Crippen molar-refractivity contribution in [2.75, 3.05) is 6.54 Å². The molecule has 4 rings (SSSR count). The smallest absolute Gasteiger partial charge is 0.255 e. The van der Waals surface area contributed by atoms with Crippen molar-refractivity contribution in [3.05, 3.63) is 62.3 Å². The number of aromatic nitrogens is 2. The molecule has 0 bridgehead atoms. The van der Waals surface area contributed by atoms with Gasteiger partial charge < -0.3 is 4.98 Å². The third-order valence-corrected chi connectivity index (χ3v) is 4.78. The fourth-order valence-electron chi connectivity index (χ4n) is 3.23. The first kappa shape index (κ1) is 15.9. The Hall–Kier alpha value is -2.59. The van der Waals surface area contributed by atoms with Gasteiger partial charge in [-0.25, -0.2) is 13.8 Å². The summed E-state index contributed by atoms with van der Waals surface area (Å²) in [7, 11) is 0. The Kier molecular flexibility index (Phi) is 3.85. The van der Waals surface area contributed by atoms with Gasteiger partial charge in [0.1, 0.15) is 17.5 Å². The minimum absolute atomic E-state index is 0.0454. The second kappa shape index (κ2) is 6.05. The lowest BCUT2D eigenvalue weighted by molar-refractivity contribution is 0.234. The summed E-state index contributed by atoms with van der Waals surface area (Å²) in [6.45, 7) is 0.931. The van der Waals surface area contributed by atoms with Gasteiger partial charge in [-0.2, -0.15) is 5.26 Å². The van der Waals surface area contributed by atoms with Gasteiger partial charge in [0.15, 0.2) is 0 Å². The highest BCUT2D eigenvalue weighted by Gasteiger charge is 2.29. The first-order chi connectivity index (χ1) is 12.0. The summed E-state index contributed by atoms with van der Waals surface area (Å²) in [5.41, 5.74) is 1.09. The van der Waals surface area contributed by atoms with Crippen LogP contribution in [0.1, 0.15) is 47.0 Å². The Morgan fingerprint density at radius 3 is 2.68 bits per heavy atom. The zero-order valence-corrected chi connectivity index (χ0v) is 13.5. The minimum atomic E-state index is -0.738. The molecule has 1 fully saturated rings. The summed E-state index contributed by atoms with van der Waals surface area (Å²) in [5.74, 6) is -0.337. The van der Waals surface area contributed by atoms with Gasteiger partial charge in [0, 0.05) is 37.5 Å². The molecule has 1 saturated carbocycles. The molecule has 2 aliphatic rings. The molecule has 2 aromatic rings. The van der Waals surface area contributed by atoms with Crippen LogP contribution in [0, 0.1) is 23.0 Å². The summed E-state index contributed by atoms with van der Waals surface area (Å²) >= 11 is 0. The Balaban J connectivity index is 1.57. The van der Waals surface area contributed by atoms with E-state index < -0.39 is 11.6 Å². The Bertz CT molecular complexity index is 920. The topological polar surface area (TPSA) is 72.8 Å². The molecule has 0 unspecified atom stereocenters. The molecule has 1 N–H and O–H groups in total. The predicted octanol–water partition coefficient (Wildman–Crippen LogP) is 2.36. The van der Waals surface area contributed by atoms with Gasteiger partial charge in [0.2, 0.25) is 0 Å². The fourth-order valence-corrected chi connectivity index (χ4v) is 3.23. The van der Waals surface area contributed by atoms with Gasteiger partial charge >= 0.3 is 0 Å². The number of fused-ring (bicyclic) bond motifs is 1. The fraction of sp³-hybridized carbons (Fsp3) is 0.389. The van der Waals surface area contributed by atoms with E-state index in [4.69, 9.17) is 5.26 Å². The van der Waals surface area contributed by atoms with Crippen molar-refractivity contribution in [1.29, 1.82) is 5.26 Å². The SMILES string of the molecule is N#Cc1cc(F)c(CN2CCc3nc(C4CC4)[nH]c(=O)c3C2)c(F)c1. The second-order valence-electron chi connectivity index (χ2n) is 6.64. The average molecular weight is 342 g/mol. The highest BCUT2D eigenvalue weighted by molar-refractivity contribution is 5.34. The highest BCUT2D eigenvalue weighted by atomic mass is 19.1. The zero-order valence-electron chi connectivity index (χ0n) is 13.5. The number of nitrogens with one attached hydrogen (secondary N) is 1. The number of rotatable bonds is 3. The zero-order chi connectivity index (χ0) is 17.6. The van der Waals surface area contributed by atoms with Gasteiger partial charge in [0.05, 0.1) is 22.9 Å². The van der Waals surface area contributed by atoms with Gasteiger partial charge in [0.25, 0.3) is 5.56 Å². The number of aromatic amines is 1. The monoisotopic (exact) mass is 342 g/mol. The van der Waals surface area contributed by atoms with E-state index in [0.717, 1.165) is 36.5 Å². The number of hydrogen-bond donors (Lipinski definition) is 1. The first-order valence-electron chi connectivity index (χ1n) is 8.27. The molecular formula is C18H16F2N4O. The summed E-state index contributed by atoms with van der Waals surface area (Å²) in [5, 5.41) is 8.77. The van der Waals surface area contributed by atoms with E-state index in [-0.39, 0.29) is 23.2 Å². The molecule has 25 heavy (non-hydrogen) atoms. The van der Waals surface area contributed by atoms with Crippen molar-refractivity contribution in [2.24, 2.45) is 0 Å². The van der Waals surface area contributed by atoms with Gasteiger partial charge in [-0.15, -0.1) is 0 Å². The first-order valence-corrected chi connectivity index (χ1v) is 8.27. The van der Waals surface area contributed by atoms with E-state index in [0.29, 0.717) is 31.0 Å². The lowest BCUT2D eigenvalue weighted by atomic mass is 10.0. The van der Waals surface area contributed by atoms with Crippen molar-refractivity contribution in [3.63, 3.8) is 0 Å².